The lowest BCUT2D eigenvalue weighted by molar-refractivity contribution is -0.0968. The molecule has 0 aliphatic carbocycles. The highest BCUT2D eigenvalue weighted by atomic mass is 16.5. The first-order chi connectivity index (χ1) is 9.77. The summed E-state index contributed by atoms with van der Waals surface area (Å²) in [6.07, 6.45) is 20.1. The molecule has 0 aromatic heterocycles. The third-order valence-electron chi connectivity index (χ3n) is 3.71. The van der Waals surface area contributed by atoms with Crippen LogP contribution in [0.5, 0.6) is 0 Å². The second kappa shape index (κ2) is 16.7. The lowest BCUT2D eigenvalue weighted by atomic mass is 10.1. The van der Waals surface area contributed by atoms with Gasteiger partial charge in [-0.3, -0.25) is 0 Å². The highest BCUT2D eigenvalue weighted by Crippen LogP contribution is 2.10. The molecule has 0 heterocycles. The standard InChI is InChI=1S/C18H35O2/c1-2-3-4-5-6-7-8-9-10-11-12-13-14-15-16-17-18(19)20/h9-10,18-19H,2-8,11-17H2,1H3/b10-9-. The maximum Gasteiger partial charge on any atom is 0.188 e. The summed E-state index contributed by atoms with van der Waals surface area (Å²) >= 11 is 0. The maximum absolute atomic E-state index is 10.4. The molecule has 1 atom stereocenters. The van der Waals surface area contributed by atoms with E-state index in [-0.39, 0.29) is 0 Å². The molecule has 1 unspecified atom stereocenters. The van der Waals surface area contributed by atoms with Gasteiger partial charge in [0.2, 0.25) is 0 Å². The molecule has 0 bridgehead atoms. The predicted octanol–water partition coefficient (Wildman–Crippen LogP) is 5.77. The quantitative estimate of drug-likeness (QED) is 0.231. The smallest absolute Gasteiger partial charge is 0.188 e. The van der Waals surface area contributed by atoms with Crippen LogP contribution < -0.4 is 0 Å². The van der Waals surface area contributed by atoms with E-state index in [1.54, 1.807) is 0 Å². The Kier molecular flexibility index (Phi) is 16.4. The SMILES string of the molecule is CCCCCCCC/C=C\CCCCCCCC([O])O. The topological polar surface area (TPSA) is 40.1 Å². The van der Waals surface area contributed by atoms with E-state index in [9.17, 15) is 5.11 Å². The van der Waals surface area contributed by atoms with Gasteiger partial charge >= 0.3 is 0 Å². The molecule has 1 N–H and O–H groups in total. The Bertz CT molecular complexity index is 200. The van der Waals surface area contributed by atoms with Crippen molar-refractivity contribution >= 4 is 0 Å². The molecule has 2 nitrogen and oxygen atoms in total. The summed E-state index contributed by atoms with van der Waals surface area (Å²) in [5.41, 5.74) is 0. The fourth-order valence-electron chi connectivity index (χ4n) is 2.39. The van der Waals surface area contributed by atoms with Gasteiger partial charge in [0.15, 0.2) is 6.29 Å². The molecular weight excluding hydrogens is 248 g/mol. The fraction of sp³-hybridized carbons (Fsp3) is 0.889. The number of allylic oxidation sites excluding steroid dienone is 2. The van der Waals surface area contributed by atoms with Crippen molar-refractivity contribution in [3.05, 3.63) is 12.2 Å². The van der Waals surface area contributed by atoms with E-state index in [2.05, 4.69) is 19.1 Å². The van der Waals surface area contributed by atoms with E-state index in [1.165, 1.54) is 70.6 Å². The average molecular weight is 283 g/mol. The monoisotopic (exact) mass is 283 g/mol. The van der Waals surface area contributed by atoms with Crippen molar-refractivity contribution in [3.63, 3.8) is 0 Å². The van der Waals surface area contributed by atoms with Crippen LogP contribution in [-0.2, 0) is 5.11 Å². The van der Waals surface area contributed by atoms with Gasteiger partial charge in [-0.25, -0.2) is 5.11 Å². The Morgan fingerprint density at radius 1 is 0.750 bits per heavy atom. The van der Waals surface area contributed by atoms with Crippen molar-refractivity contribution in [2.45, 2.75) is 103 Å². The summed E-state index contributed by atoms with van der Waals surface area (Å²) in [4.78, 5) is 0. The van der Waals surface area contributed by atoms with Crippen LogP contribution in [0.3, 0.4) is 0 Å². The predicted molar refractivity (Wildman–Crippen MR) is 86.1 cm³/mol. The zero-order chi connectivity index (χ0) is 14.9. The zero-order valence-electron chi connectivity index (χ0n) is 13.5. The van der Waals surface area contributed by atoms with E-state index in [4.69, 9.17) is 5.11 Å². The molecule has 0 aliphatic rings. The van der Waals surface area contributed by atoms with E-state index in [1.807, 2.05) is 0 Å². The van der Waals surface area contributed by atoms with Gasteiger partial charge in [0.25, 0.3) is 0 Å². The molecule has 0 aliphatic heterocycles. The van der Waals surface area contributed by atoms with Gasteiger partial charge in [0, 0.05) is 6.42 Å². The summed E-state index contributed by atoms with van der Waals surface area (Å²) < 4.78 is 0. The van der Waals surface area contributed by atoms with Crippen LogP contribution in [0.25, 0.3) is 0 Å². The third-order valence-corrected chi connectivity index (χ3v) is 3.71. The second-order valence-corrected chi connectivity index (χ2v) is 5.83. The van der Waals surface area contributed by atoms with E-state index in [0.29, 0.717) is 6.42 Å². The van der Waals surface area contributed by atoms with Gasteiger partial charge in [-0.15, -0.1) is 0 Å². The molecule has 0 aromatic rings. The number of aliphatic hydroxyl groups is 1. The Labute approximate surface area is 126 Å². The summed E-state index contributed by atoms with van der Waals surface area (Å²) in [5, 5.41) is 19.0. The summed E-state index contributed by atoms with van der Waals surface area (Å²) in [5.74, 6) is 0. The highest BCUT2D eigenvalue weighted by molar-refractivity contribution is 4.81. The van der Waals surface area contributed by atoms with Crippen LogP contribution in [0.1, 0.15) is 96.8 Å². The molecule has 2 heteroatoms. The number of hydrogen-bond acceptors (Lipinski definition) is 1. The van der Waals surface area contributed by atoms with Crippen molar-refractivity contribution in [2.75, 3.05) is 0 Å². The van der Waals surface area contributed by atoms with Crippen LogP contribution in [-0.4, -0.2) is 11.4 Å². The molecule has 0 saturated carbocycles. The first-order valence-corrected chi connectivity index (χ1v) is 8.76. The lowest BCUT2D eigenvalue weighted by Crippen LogP contribution is -2.00. The summed E-state index contributed by atoms with van der Waals surface area (Å²) in [6.45, 7) is 2.26. The number of aliphatic hydroxyl groups excluding tert-OH is 1. The number of hydrogen-bond donors (Lipinski definition) is 1. The minimum absolute atomic E-state index is 0.415. The van der Waals surface area contributed by atoms with Crippen LogP contribution >= 0.6 is 0 Å². The number of rotatable bonds is 15. The minimum Gasteiger partial charge on any atom is -0.366 e. The molecule has 119 valence electrons. The highest BCUT2D eigenvalue weighted by Gasteiger charge is 1.98. The molecule has 0 spiro atoms. The van der Waals surface area contributed by atoms with E-state index in [0.717, 1.165) is 12.8 Å². The Morgan fingerprint density at radius 3 is 1.70 bits per heavy atom. The Morgan fingerprint density at radius 2 is 1.20 bits per heavy atom. The summed E-state index contributed by atoms with van der Waals surface area (Å²) in [6, 6.07) is 0. The first-order valence-electron chi connectivity index (χ1n) is 8.76. The van der Waals surface area contributed by atoms with Gasteiger partial charge in [-0.1, -0.05) is 70.4 Å². The van der Waals surface area contributed by atoms with Crippen LogP contribution in [0.4, 0.5) is 0 Å². The van der Waals surface area contributed by atoms with Crippen molar-refractivity contribution in [3.8, 4) is 0 Å². The van der Waals surface area contributed by atoms with Gasteiger partial charge in [-0.05, 0) is 32.1 Å². The Balaban J connectivity index is 3.05. The molecule has 1 radical (unpaired) electrons. The van der Waals surface area contributed by atoms with Gasteiger partial charge in [-0.2, -0.15) is 0 Å². The summed E-state index contributed by atoms with van der Waals surface area (Å²) in [7, 11) is 0. The van der Waals surface area contributed by atoms with Crippen molar-refractivity contribution in [2.24, 2.45) is 0 Å². The largest absolute Gasteiger partial charge is 0.366 e. The van der Waals surface area contributed by atoms with Crippen molar-refractivity contribution < 1.29 is 10.2 Å². The number of unbranched alkanes of at least 4 members (excludes halogenated alkanes) is 11. The van der Waals surface area contributed by atoms with Crippen molar-refractivity contribution in [1.29, 1.82) is 0 Å². The molecule has 0 saturated heterocycles. The first kappa shape index (κ1) is 19.7. The molecule has 0 amide bonds. The van der Waals surface area contributed by atoms with Crippen LogP contribution in [0, 0.1) is 0 Å². The van der Waals surface area contributed by atoms with Crippen LogP contribution in [0.15, 0.2) is 12.2 Å². The van der Waals surface area contributed by atoms with Gasteiger partial charge in [0.1, 0.15) is 0 Å². The Hall–Kier alpha value is -0.340. The van der Waals surface area contributed by atoms with Crippen molar-refractivity contribution in [1.82, 2.24) is 0 Å². The van der Waals surface area contributed by atoms with E-state index >= 15 is 0 Å². The molecule has 0 aromatic carbocycles. The minimum atomic E-state index is -1.36. The third kappa shape index (κ3) is 17.7. The average Bonchev–Trinajstić information content (AvgIpc) is 2.43. The fourth-order valence-corrected chi connectivity index (χ4v) is 2.39. The normalized spacial score (nSPS) is 11.8. The van der Waals surface area contributed by atoms with Gasteiger partial charge < -0.3 is 5.11 Å². The lowest BCUT2D eigenvalue weighted by Gasteiger charge is -2.01. The molecule has 0 rings (SSSR count). The molecular formula is C18H35O2. The second-order valence-electron chi connectivity index (χ2n) is 5.83. The molecule has 20 heavy (non-hydrogen) atoms. The zero-order valence-corrected chi connectivity index (χ0v) is 13.5. The van der Waals surface area contributed by atoms with Gasteiger partial charge in [0.05, 0.1) is 0 Å². The van der Waals surface area contributed by atoms with E-state index < -0.39 is 6.29 Å². The van der Waals surface area contributed by atoms with Crippen LogP contribution in [0.2, 0.25) is 0 Å². The molecule has 0 fully saturated rings. The maximum atomic E-state index is 10.4.